The van der Waals surface area contributed by atoms with Crippen LogP contribution in [0.5, 0.6) is 0 Å². The van der Waals surface area contributed by atoms with E-state index >= 15 is 0 Å². The van der Waals surface area contributed by atoms with Crippen LogP contribution in [0.25, 0.3) is 0 Å². The van der Waals surface area contributed by atoms with Crippen LogP contribution in [-0.4, -0.2) is 10.2 Å². The molecule has 4 heteroatoms. The molecule has 0 aliphatic heterocycles. The first-order valence-electron chi connectivity index (χ1n) is 5.17. The van der Waals surface area contributed by atoms with Crippen molar-refractivity contribution in [2.24, 2.45) is 0 Å². The van der Waals surface area contributed by atoms with E-state index in [4.69, 9.17) is 11.6 Å². The normalized spacial score (nSPS) is 10.4. The fourth-order valence-electron chi connectivity index (χ4n) is 1.62. The summed E-state index contributed by atoms with van der Waals surface area (Å²) < 4.78 is 0. The van der Waals surface area contributed by atoms with Crippen LogP contribution in [0, 0.1) is 13.8 Å². The summed E-state index contributed by atoms with van der Waals surface area (Å²) in [5.74, 6) is 0. The zero-order valence-electron chi connectivity index (χ0n) is 9.34. The van der Waals surface area contributed by atoms with E-state index in [1.165, 1.54) is 5.56 Å². The molecule has 0 saturated carbocycles. The maximum absolute atomic E-state index is 6.06. The molecule has 0 fully saturated rings. The molecule has 0 unspecified atom stereocenters. The van der Waals surface area contributed by atoms with Crippen molar-refractivity contribution in [3.8, 4) is 0 Å². The lowest BCUT2D eigenvalue weighted by Crippen LogP contribution is -2.01. The molecule has 0 saturated heterocycles. The van der Waals surface area contributed by atoms with Crippen LogP contribution in [0.2, 0.25) is 5.02 Å². The van der Waals surface area contributed by atoms with Gasteiger partial charge in [-0.25, -0.2) is 0 Å². The predicted octanol–water partition coefficient (Wildman–Crippen LogP) is 3.29. The van der Waals surface area contributed by atoms with Gasteiger partial charge in [0.15, 0.2) is 0 Å². The number of hydrogen-bond acceptors (Lipinski definition) is 2. The summed E-state index contributed by atoms with van der Waals surface area (Å²) in [5.41, 5.74) is 4.26. The summed E-state index contributed by atoms with van der Waals surface area (Å²) in [6, 6.07) is 7.72. The fraction of sp³-hybridized carbons (Fsp3) is 0.250. The average Bonchev–Trinajstić information content (AvgIpc) is 2.58. The molecular formula is C12H14ClN3. The summed E-state index contributed by atoms with van der Waals surface area (Å²) in [5, 5.41) is 11.2. The second kappa shape index (κ2) is 4.58. The lowest BCUT2D eigenvalue weighted by atomic mass is 10.2. The number of aromatic nitrogens is 2. The van der Waals surface area contributed by atoms with E-state index < -0.39 is 0 Å². The molecule has 0 aliphatic rings. The summed E-state index contributed by atoms with van der Waals surface area (Å²) in [6.07, 6.45) is 0. The molecule has 0 amide bonds. The minimum atomic E-state index is 0.734. The van der Waals surface area contributed by atoms with Crippen molar-refractivity contribution in [3.63, 3.8) is 0 Å². The van der Waals surface area contributed by atoms with Crippen LogP contribution < -0.4 is 5.32 Å². The highest BCUT2D eigenvalue weighted by Crippen LogP contribution is 2.21. The molecule has 1 heterocycles. The molecule has 0 aliphatic carbocycles. The van der Waals surface area contributed by atoms with E-state index in [2.05, 4.69) is 15.5 Å². The average molecular weight is 236 g/mol. The van der Waals surface area contributed by atoms with Gasteiger partial charge in [-0.15, -0.1) is 0 Å². The second-order valence-corrected chi connectivity index (χ2v) is 4.15. The molecule has 0 radical (unpaired) electrons. The maximum Gasteiger partial charge on any atom is 0.0643 e. The molecule has 1 aromatic heterocycles. The van der Waals surface area contributed by atoms with Gasteiger partial charge in [-0.3, -0.25) is 5.10 Å². The monoisotopic (exact) mass is 235 g/mol. The number of hydrogen-bond donors (Lipinski definition) is 2. The van der Waals surface area contributed by atoms with E-state index in [0.29, 0.717) is 0 Å². The number of aromatic amines is 1. The fourth-order valence-corrected chi connectivity index (χ4v) is 1.83. The lowest BCUT2D eigenvalue weighted by Gasteiger charge is -2.08. The minimum Gasteiger partial charge on any atom is -0.380 e. The van der Waals surface area contributed by atoms with Crippen molar-refractivity contribution >= 4 is 17.3 Å². The number of H-pyrrole nitrogens is 1. The topological polar surface area (TPSA) is 40.7 Å². The molecule has 0 atom stereocenters. The number of rotatable bonds is 3. The first-order valence-corrected chi connectivity index (χ1v) is 5.55. The third-order valence-corrected chi connectivity index (χ3v) is 2.94. The summed E-state index contributed by atoms with van der Waals surface area (Å²) in [7, 11) is 0. The Morgan fingerprint density at radius 1 is 1.31 bits per heavy atom. The highest BCUT2D eigenvalue weighted by molar-refractivity contribution is 6.33. The highest BCUT2D eigenvalue weighted by Gasteiger charge is 2.06. The Labute approximate surface area is 99.8 Å². The van der Waals surface area contributed by atoms with Gasteiger partial charge in [0, 0.05) is 17.8 Å². The van der Waals surface area contributed by atoms with Gasteiger partial charge in [0.05, 0.1) is 16.4 Å². The SMILES string of the molecule is Cc1n[nH]c(C)c1CNc1ccccc1Cl. The Morgan fingerprint density at radius 3 is 2.69 bits per heavy atom. The van der Waals surface area contributed by atoms with Gasteiger partial charge in [0.1, 0.15) is 0 Å². The Morgan fingerprint density at radius 2 is 2.06 bits per heavy atom. The molecule has 2 rings (SSSR count). The predicted molar refractivity (Wildman–Crippen MR) is 66.8 cm³/mol. The van der Waals surface area contributed by atoms with Crippen LogP contribution in [0.1, 0.15) is 17.0 Å². The minimum absolute atomic E-state index is 0.734. The molecule has 1 aromatic carbocycles. The van der Waals surface area contributed by atoms with Crippen molar-refractivity contribution in [1.82, 2.24) is 10.2 Å². The third kappa shape index (κ3) is 2.19. The van der Waals surface area contributed by atoms with Crippen LogP contribution in [0.4, 0.5) is 5.69 Å². The molecule has 0 bridgehead atoms. The van der Waals surface area contributed by atoms with Crippen molar-refractivity contribution in [1.29, 1.82) is 0 Å². The molecule has 16 heavy (non-hydrogen) atoms. The first kappa shape index (κ1) is 11.0. The highest BCUT2D eigenvalue weighted by atomic mass is 35.5. The van der Waals surface area contributed by atoms with E-state index in [1.54, 1.807) is 0 Å². The van der Waals surface area contributed by atoms with Crippen LogP contribution >= 0.6 is 11.6 Å². The van der Waals surface area contributed by atoms with E-state index in [-0.39, 0.29) is 0 Å². The zero-order chi connectivity index (χ0) is 11.5. The van der Waals surface area contributed by atoms with Gasteiger partial charge in [-0.05, 0) is 26.0 Å². The molecule has 2 aromatic rings. The van der Waals surface area contributed by atoms with Gasteiger partial charge in [0.25, 0.3) is 0 Å². The van der Waals surface area contributed by atoms with Crippen LogP contribution in [-0.2, 0) is 6.54 Å². The Balaban J connectivity index is 2.11. The van der Waals surface area contributed by atoms with E-state index in [0.717, 1.165) is 28.6 Å². The van der Waals surface area contributed by atoms with Gasteiger partial charge in [0.2, 0.25) is 0 Å². The third-order valence-electron chi connectivity index (χ3n) is 2.61. The van der Waals surface area contributed by atoms with Gasteiger partial charge >= 0.3 is 0 Å². The smallest absolute Gasteiger partial charge is 0.0643 e. The summed E-state index contributed by atoms with van der Waals surface area (Å²) in [6.45, 7) is 4.74. The van der Waals surface area contributed by atoms with Crippen molar-refractivity contribution in [2.45, 2.75) is 20.4 Å². The van der Waals surface area contributed by atoms with Crippen LogP contribution in [0.15, 0.2) is 24.3 Å². The van der Waals surface area contributed by atoms with Gasteiger partial charge < -0.3 is 5.32 Å². The molecular weight excluding hydrogens is 222 g/mol. The number of aryl methyl sites for hydroxylation is 2. The number of anilines is 1. The standard InChI is InChI=1S/C12H14ClN3/c1-8-10(9(2)16-15-8)7-14-12-6-4-3-5-11(12)13/h3-6,14H,7H2,1-2H3,(H,15,16). The maximum atomic E-state index is 6.06. The van der Waals surface area contributed by atoms with Crippen molar-refractivity contribution in [3.05, 3.63) is 46.2 Å². The molecule has 0 spiro atoms. The second-order valence-electron chi connectivity index (χ2n) is 3.75. The Hall–Kier alpha value is -1.48. The van der Waals surface area contributed by atoms with Crippen molar-refractivity contribution < 1.29 is 0 Å². The number of halogens is 1. The quantitative estimate of drug-likeness (QED) is 0.857. The lowest BCUT2D eigenvalue weighted by molar-refractivity contribution is 1.02. The van der Waals surface area contributed by atoms with Crippen molar-refractivity contribution in [2.75, 3.05) is 5.32 Å². The van der Waals surface area contributed by atoms with Crippen LogP contribution in [0.3, 0.4) is 0 Å². The Kier molecular flexibility index (Phi) is 3.15. The Bertz CT molecular complexity index is 471. The number of para-hydroxylation sites is 1. The van der Waals surface area contributed by atoms with Gasteiger partial charge in [-0.1, -0.05) is 23.7 Å². The number of nitrogens with zero attached hydrogens (tertiary/aromatic N) is 1. The molecule has 2 N–H and O–H groups in total. The zero-order valence-corrected chi connectivity index (χ0v) is 10.1. The van der Waals surface area contributed by atoms with Gasteiger partial charge in [-0.2, -0.15) is 5.10 Å². The first-order chi connectivity index (χ1) is 7.68. The summed E-state index contributed by atoms with van der Waals surface area (Å²) >= 11 is 6.06. The summed E-state index contributed by atoms with van der Waals surface area (Å²) in [4.78, 5) is 0. The number of nitrogens with one attached hydrogen (secondary N) is 2. The van der Waals surface area contributed by atoms with E-state index in [1.807, 2.05) is 38.1 Å². The molecule has 3 nitrogen and oxygen atoms in total. The number of benzene rings is 1. The largest absolute Gasteiger partial charge is 0.380 e. The van der Waals surface area contributed by atoms with E-state index in [9.17, 15) is 0 Å². The molecule has 84 valence electrons.